The van der Waals surface area contributed by atoms with Gasteiger partial charge in [-0.3, -0.25) is 0 Å². The Balaban J connectivity index is 1.55. The summed E-state index contributed by atoms with van der Waals surface area (Å²) in [6.07, 6.45) is 3.89. The Morgan fingerprint density at radius 2 is 1.59 bits per heavy atom. The molecule has 0 radical (unpaired) electrons. The standard InChI is InChI=1S/C22H15ClN6/c23-12-5-6-18-14(7-12)16(11-26-18)19-8-21(24)29-22(27-19)9-20(28-29)15-10-25-17-4-2-1-3-13(15)17/h1-11,25-26H,24H2. The lowest BCUT2D eigenvalue weighted by Crippen LogP contribution is -2.01. The van der Waals surface area contributed by atoms with Crippen LogP contribution in [0.1, 0.15) is 0 Å². The fraction of sp³-hybridized carbons (Fsp3) is 0. The molecule has 2 aromatic carbocycles. The summed E-state index contributed by atoms with van der Waals surface area (Å²) < 4.78 is 1.67. The minimum absolute atomic E-state index is 0.521. The van der Waals surface area contributed by atoms with Crippen molar-refractivity contribution in [1.82, 2.24) is 24.6 Å². The van der Waals surface area contributed by atoms with Gasteiger partial charge in [0.15, 0.2) is 5.65 Å². The highest BCUT2D eigenvalue weighted by atomic mass is 35.5. The Kier molecular flexibility index (Phi) is 3.28. The van der Waals surface area contributed by atoms with Crippen LogP contribution < -0.4 is 5.73 Å². The van der Waals surface area contributed by atoms with E-state index in [0.29, 0.717) is 16.5 Å². The number of nitrogen functional groups attached to an aromatic ring is 1. The first kappa shape index (κ1) is 16.2. The third kappa shape index (κ3) is 2.43. The van der Waals surface area contributed by atoms with Crippen molar-refractivity contribution < 1.29 is 0 Å². The average Bonchev–Trinajstić information content (AvgIpc) is 3.43. The lowest BCUT2D eigenvalue weighted by atomic mass is 10.1. The number of hydrogen-bond donors (Lipinski definition) is 3. The first-order valence-corrected chi connectivity index (χ1v) is 9.55. The molecule has 6 nitrogen and oxygen atoms in total. The zero-order valence-corrected chi connectivity index (χ0v) is 15.9. The number of anilines is 1. The van der Waals surface area contributed by atoms with Crippen molar-refractivity contribution >= 4 is 44.9 Å². The van der Waals surface area contributed by atoms with Crippen LogP contribution in [0.5, 0.6) is 0 Å². The number of aromatic nitrogens is 5. The van der Waals surface area contributed by atoms with Gasteiger partial charge >= 0.3 is 0 Å². The maximum absolute atomic E-state index is 6.33. The maximum atomic E-state index is 6.33. The summed E-state index contributed by atoms with van der Waals surface area (Å²) in [6, 6.07) is 17.7. The van der Waals surface area contributed by atoms with Crippen LogP contribution in [0.4, 0.5) is 5.82 Å². The lowest BCUT2D eigenvalue weighted by Gasteiger charge is -2.03. The molecule has 7 heteroatoms. The van der Waals surface area contributed by atoms with Crippen LogP contribution in [0, 0.1) is 0 Å². The van der Waals surface area contributed by atoms with Crippen molar-refractivity contribution in [2.45, 2.75) is 0 Å². The number of nitrogens with one attached hydrogen (secondary N) is 2. The number of benzene rings is 2. The molecule has 4 N–H and O–H groups in total. The molecule has 0 spiro atoms. The lowest BCUT2D eigenvalue weighted by molar-refractivity contribution is 0.958. The molecule has 0 amide bonds. The summed E-state index contributed by atoms with van der Waals surface area (Å²) in [5.41, 5.74) is 12.7. The Morgan fingerprint density at radius 3 is 2.45 bits per heavy atom. The Bertz CT molecular complexity index is 1540. The summed E-state index contributed by atoms with van der Waals surface area (Å²) in [4.78, 5) is 11.4. The zero-order valence-electron chi connectivity index (χ0n) is 15.1. The number of para-hydroxylation sites is 1. The Morgan fingerprint density at radius 1 is 0.828 bits per heavy atom. The second kappa shape index (κ2) is 5.86. The number of rotatable bonds is 2. The summed E-state index contributed by atoms with van der Waals surface area (Å²) in [6.45, 7) is 0. The van der Waals surface area contributed by atoms with E-state index in [1.54, 1.807) is 4.52 Å². The quantitative estimate of drug-likeness (QED) is 0.371. The van der Waals surface area contributed by atoms with E-state index in [9.17, 15) is 0 Å². The summed E-state index contributed by atoms with van der Waals surface area (Å²) in [5.74, 6) is 0.521. The molecule has 0 aliphatic carbocycles. The molecule has 0 unspecified atom stereocenters. The van der Waals surface area contributed by atoms with Crippen molar-refractivity contribution in [3.8, 4) is 22.5 Å². The molecule has 0 fully saturated rings. The minimum atomic E-state index is 0.521. The maximum Gasteiger partial charge on any atom is 0.158 e. The fourth-order valence-electron chi connectivity index (χ4n) is 3.86. The molecule has 0 saturated heterocycles. The number of H-pyrrole nitrogens is 2. The Hall–Kier alpha value is -3.77. The molecule has 6 rings (SSSR count). The third-order valence-electron chi connectivity index (χ3n) is 5.24. The van der Waals surface area contributed by atoms with Gasteiger partial charge < -0.3 is 15.7 Å². The normalized spacial score (nSPS) is 11.8. The molecule has 0 atom stereocenters. The largest absolute Gasteiger partial charge is 0.384 e. The number of aromatic amines is 2. The third-order valence-corrected chi connectivity index (χ3v) is 5.47. The number of halogens is 1. The van der Waals surface area contributed by atoms with Crippen molar-refractivity contribution in [2.24, 2.45) is 0 Å². The zero-order chi connectivity index (χ0) is 19.5. The molecule has 4 aromatic heterocycles. The smallest absolute Gasteiger partial charge is 0.158 e. The first-order valence-electron chi connectivity index (χ1n) is 9.17. The van der Waals surface area contributed by atoms with Crippen molar-refractivity contribution in [3.63, 3.8) is 0 Å². The number of hydrogen-bond acceptors (Lipinski definition) is 3. The van der Waals surface area contributed by atoms with Crippen molar-refractivity contribution in [1.29, 1.82) is 0 Å². The molecule has 6 aromatic rings. The summed E-state index contributed by atoms with van der Waals surface area (Å²) in [7, 11) is 0. The van der Waals surface area contributed by atoms with Gasteiger partial charge in [-0.2, -0.15) is 9.61 Å². The molecule has 140 valence electrons. The van der Waals surface area contributed by atoms with E-state index in [1.165, 1.54) is 0 Å². The van der Waals surface area contributed by atoms with E-state index in [0.717, 1.165) is 44.3 Å². The van der Waals surface area contributed by atoms with Gasteiger partial charge in [-0.25, -0.2) is 4.98 Å². The van der Waals surface area contributed by atoms with E-state index < -0.39 is 0 Å². The van der Waals surface area contributed by atoms with Crippen molar-refractivity contribution in [2.75, 3.05) is 5.73 Å². The van der Waals surface area contributed by atoms with Gasteiger partial charge in [0, 0.05) is 62.5 Å². The van der Waals surface area contributed by atoms with Gasteiger partial charge in [-0.05, 0) is 24.3 Å². The van der Waals surface area contributed by atoms with Gasteiger partial charge in [0.05, 0.1) is 11.4 Å². The van der Waals surface area contributed by atoms with Crippen LogP contribution in [0.25, 0.3) is 50.0 Å². The van der Waals surface area contributed by atoms with E-state index >= 15 is 0 Å². The minimum Gasteiger partial charge on any atom is -0.384 e. The molecule has 0 aliphatic heterocycles. The molecule has 0 bridgehead atoms. The number of nitrogens with two attached hydrogens (primary N) is 1. The topological polar surface area (TPSA) is 87.8 Å². The predicted molar refractivity (Wildman–Crippen MR) is 117 cm³/mol. The van der Waals surface area contributed by atoms with E-state index in [4.69, 9.17) is 22.3 Å². The molecule has 29 heavy (non-hydrogen) atoms. The highest BCUT2D eigenvalue weighted by Gasteiger charge is 2.15. The van der Waals surface area contributed by atoms with E-state index in [1.807, 2.05) is 60.9 Å². The SMILES string of the molecule is Nc1cc(-c2c[nH]c3ccc(Cl)cc23)nc2cc(-c3c[nH]c4ccccc34)nn12. The van der Waals surface area contributed by atoms with E-state index in [-0.39, 0.29) is 0 Å². The van der Waals surface area contributed by atoms with Crippen LogP contribution in [-0.2, 0) is 0 Å². The van der Waals surface area contributed by atoms with Crippen LogP contribution >= 0.6 is 11.6 Å². The molecular formula is C22H15ClN6. The second-order valence-corrected chi connectivity index (χ2v) is 7.44. The van der Waals surface area contributed by atoms with Crippen LogP contribution in [0.3, 0.4) is 0 Å². The summed E-state index contributed by atoms with van der Waals surface area (Å²) in [5, 5.41) is 7.48. The van der Waals surface area contributed by atoms with Crippen LogP contribution in [0.15, 0.2) is 67.0 Å². The number of nitrogens with zero attached hydrogens (tertiary/aromatic N) is 3. The molecule has 4 heterocycles. The van der Waals surface area contributed by atoms with Gasteiger partial charge in [0.1, 0.15) is 5.82 Å². The molecule has 0 saturated carbocycles. The Labute approximate surface area is 169 Å². The van der Waals surface area contributed by atoms with E-state index in [2.05, 4.69) is 21.1 Å². The summed E-state index contributed by atoms with van der Waals surface area (Å²) >= 11 is 6.19. The fourth-order valence-corrected chi connectivity index (χ4v) is 4.03. The van der Waals surface area contributed by atoms with Gasteiger partial charge in [-0.15, -0.1) is 0 Å². The van der Waals surface area contributed by atoms with Gasteiger partial charge in [-0.1, -0.05) is 29.8 Å². The second-order valence-electron chi connectivity index (χ2n) is 7.01. The highest BCUT2D eigenvalue weighted by Crippen LogP contribution is 2.32. The van der Waals surface area contributed by atoms with Crippen LogP contribution in [-0.4, -0.2) is 24.6 Å². The average molecular weight is 399 g/mol. The van der Waals surface area contributed by atoms with Crippen LogP contribution in [0.2, 0.25) is 5.02 Å². The molecular weight excluding hydrogens is 384 g/mol. The number of fused-ring (bicyclic) bond motifs is 3. The van der Waals surface area contributed by atoms with Crippen molar-refractivity contribution in [3.05, 3.63) is 72.0 Å². The highest BCUT2D eigenvalue weighted by molar-refractivity contribution is 6.31. The predicted octanol–water partition coefficient (Wildman–Crippen LogP) is 5.26. The first-order chi connectivity index (χ1) is 14.2. The van der Waals surface area contributed by atoms with Gasteiger partial charge in [0.2, 0.25) is 0 Å². The molecule has 0 aliphatic rings. The monoisotopic (exact) mass is 398 g/mol. The van der Waals surface area contributed by atoms with Gasteiger partial charge in [0.25, 0.3) is 0 Å².